The van der Waals surface area contributed by atoms with Gasteiger partial charge in [-0.3, -0.25) is 0 Å². The Morgan fingerprint density at radius 2 is 2.05 bits per heavy atom. The molecule has 1 unspecified atom stereocenters. The van der Waals surface area contributed by atoms with E-state index in [4.69, 9.17) is 10.5 Å². The summed E-state index contributed by atoms with van der Waals surface area (Å²) in [6.07, 6.45) is 3.75. The summed E-state index contributed by atoms with van der Waals surface area (Å²) in [5, 5.41) is 0. The number of hydrogen-bond donors (Lipinski definition) is 1. The fraction of sp³-hybridized carbons (Fsp3) is 0.312. The highest BCUT2D eigenvalue weighted by Crippen LogP contribution is 2.37. The summed E-state index contributed by atoms with van der Waals surface area (Å²) in [5.74, 6) is -0.315. The van der Waals surface area contributed by atoms with Gasteiger partial charge in [0.05, 0.1) is 5.69 Å². The molecule has 1 aromatic heterocycles. The van der Waals surface area contributed by atoms with Crippen molar-refractivity contribution in [1.29, 1.82) is 0 Å². The third-order valence-corrected chi connectivity index (χ3v) is 3.57. The first-order valence-corrected chi connectivity index (χ1v) is 6.88. The molecule has 4 nitrogen and oxygen atoms in total. The minimum Gasteiger partial charge on any atom is -0.453 e. The highest BCUT2D eigenvalue weighted by molar-refractivity contribution is 5.89. The Balaban J connectivity index is 1.76. The first-order valence-electron chi connectivity index (χ1n) is 6.88. The van der Waals surface area contributed by atoms with Crippen LogP contribution in [0.4, 0.5) is 5.69 Å². The van der Waals surface area contributed by atoms with Gasteiger partial charge in [-0.15, -0.1) is 0 Å². The quantitative estimate of drug-likeness (QED) is 0.867. The summed E-state index contributed by atoms with van der Waals surface area (Å²) in [6, 6.07) is 11.8. The molecule has 0 aliphatic heterocycles. The van der Waals surface area contributed by atoms with Gasteiger partial charge in [0.1, 0.15) is 11.8 Å². The number of carbonyl (C=O) groups is 1. The molecule has 20 heavy (non-hydrogen) atoms. The van der Waals surface area contributed by atoms with Crippen LogP contribution in [0, 0.1) is 0 Å². The molecular weight excluding hydrogens is 252 g/mol. The smallest absolute Gasteiger partial charge is 0.355 e. The van der Waals surface area contributed by atoms with Gasteiger partial charge in [0, 0.05) is 12.2 Å². The fourth-order valence-corrected chi connectivity index (χ4v) is 2.33. The molecule has 1 aliphatic rings. The van der Waals surface area contributed by atoms with Gasteiger partial charge >= 0.3 is 5.97 Å². The van der Waals surface area contributed by atoms with Crippen molar-refractivity contribution in [2.45, 2.75) is 31.9 Å². The van der Waals surface area contributed by atoms with Crippen molar-refractivity contribution in [1.82, 2.24) is 4.57 Å². The number of nitrogens with two attached hydrogens (primary N) is 1. The number of hydrogen-bond acceptors (Lipinski definition) is 3. The van der Waals surface area contributed by atoms with Gasteiger partial charge in [0.25, 0.3) is 0 Å². The van der Waals surface area contributed by atoms with Crippen molar-refractivity contribution in [2.75, 3.05) is 5.73 Å². The minimum atomic E-state index is -0.315. The highest BCUT2D eigenvalue weighted by Gasteiger charge is 2.28. The van der Waals surface area contributed by atoms with Crippen LogP contribution in [-0.4, -0.2) is 10.5 Å². The van der Waals surface area contributed by atoms with Crippen LogP contribution >= 0.6 is 0 Å². The molecule has 0 saturated heterocycles. The summed E-state index contributed by atoms with van der Waals surface area (Å²) in [7, 11) is 0. The second kappa shape index (κ2) is 5.04. The number of rotatable bonds is 4. The number of nitrogens with zero attached hydrogens (tertiary/aromatic N) is 1. The Morgan fingerprint density at radius 1 is 1.35 bits per heavy atom. The maximum absolute atomic E-state index is 12.3. The summed E-state index contributed by atoms with van der Waals surface area (Å²) in [5.41, 5.74) is 7.94. The Labute approximate surface area is 118 Å². The second-order valence-corrected chi connectivity index (χ2v) is 5.26. The van der Waals surface area contributed by atoms with E-state index in [0.29, 0.717) is 17.4 Å². The molecule has 0 bridgehead atoms. The molecule has 104 valence electrons. The normalized spacial score (nSPS) is 15.8. The zero-order valence-electron chi connectivity index (χ0n) is 11.5. The van der Waals surface area contributed by atoms with E-state index in [2.05, 4.69) is 0 Å². The molecule has 1 atom stereocenters. The molecule has 2 aromatic rings. The number of anilines is 1. The molecule has 1 heterocycles. The van der Waals surface area contributed by atoms with E-state index in [9.17, 15) is 4.79 Å². The lowest BCUT2D eigenvalue weighted by Gasteiger charge is -2.14. The van der Waals surface area contributed by atoms with E-state index in [1.165, 1.54) is 0 Å². The standard InChI is InChI=1S/C16H18N2O2/c1-11(12-5-3-2-4-6-12)20-16(19)15-9-13(17)10-18(15)14-7-8-14/h2-6,9-11,14H,7-8,17H2,1H3. The lowest BCUT2D eigenvalue weighted by atomic mass is 10.1. The Morgan fingerprint density at radius 3 is 2.70 bits per heavy atom. The van der Waals surface area contributed by atoms with Gasteiger partial charge in [-0.05, 0) is 31.4 Å². The van der Waals surface area contributed by atoms with Gasteiger partial charge in [0.15, 0.2) is 0 Å². The van der Waals surface area contributed by atoms with E-state index in [-0.39, 0.29) is 12.1 Å². The van der Waals surface area contributed by atoms with E-state index in [0.717, 1.165) is 18.4 Å². The van der Waals surface area contributed by atoms with Crippen molar-refractivity contribution in [3.63, 3.8) is 0 Å². The van der Waals surface area contributed by atoms with Crippen LogP contribution in [-0.2, 0) is 4.74 Å². The third kappa shape index (κ3) is 2.54. The molecule has 0 radical (unpaired) electrons. The van der Waals surface area contributed by atoms with Gasteiger partial charge in [0.2, 0.25) is 0 Å². The number of carbonyl (C=O) groups excluding carboxylic acids is 1. The highest BCUT2D eigenvalue weighted by atomic mass is 16.5. The predicted molar refractivity (Wildman–Crippen MR) is 77.4 cm³/mol. The van der Waals surface area contributed by atoms with Crippen LogP contribution in [0.25, 0.3) is 0 Å². The van der Waals surface area contributed by atoms with Crippen LogP contribution in [0.5, 0.6) is 0 Å². The lowest BCUT2D eigenvalue weighted by Crippen LogP contribution is -2.13. The van der Waals surface area contributed by atoms with Crippen molar-refractivity contribution in [3.8, 4) is 0 Å². The fourth-order valence-electron chi connectivity index (χ4n) is 2.33. The van der Waals surface area contributed by atoms with Crippen molar-refractivity contribution in [3.05, 3.63) is 53.9 Å². The molecule has 2 N–H and O–H groups in total. The number of ether oxygens (including phenoxy) is 1. The average molecular weight is 270 g/mol. The van der Waals surface area contributed by atoms with Crippen LogP contribution in [0.2, 0.25) is 0 Å². The zero-order chi connectivity index (χ0) is 14.1. The molecule has 1 aromatic carbocycles. The maximum Gasteiger partial charge on any atom is 0.355 e. The first kappa shape index (κ1) is 12.8. The SMILES string of the molecule is CC(OC(=O)c1cc(N)cn1C1CC1)c1ccccc1. The summed E-state index contributed by atoms with van der Waals surface area (Å²) in [4.78, 5) is 12.3. The largest absolute Gasteiger partial charge is 0.453 e. The summed E-state index contributed by atoms with van der Waals surface area (Å²) in [6.45, 7) is 1.88. The molecule has 3 rings (SSSR count). The van der Waals surface area contributed by atoms with E-state index in [1.54, 1.807) is 6.07 Å². The molecule has 0 spiro atoms. The van der Waals surface area contributed by atoms with Crippen molar-refractivity contribution in [2.24, 2.45) is 0 Å². The summed E-state index contributed by atoms with van der Waals surface area (Å²) >= 11 is 0. The van der Waals surface area contributed by atoms with Crippen LogP contribution in [0.15, 0.2) is 42.6 Å². The maximum atomic E-state index is 12.3. The van der Waals surface area contributed by atoms with Gasteiger partial charge in [-0.25, -0.2) is 4.79 Å². The minimum absolute atomic E-state index is 0.271. The van der Waals surface area contributed by atoms with Crippen LogP contribution in [0.3, 0.4) is 0 Å². The Bertz CT molecular complexity index is 615. The van der Waals surface area contributed by atoms with E-state index < -0.39 is 0 Å². The Kier molecular flexibility index (Phi) is 3.22. The summed E-state index contributed by atoms with van der Waals surface area (Å²) < 4.78 is 7.48. The van der Waals surface area contributed by atoms with Crippen molar-refractivity contribution < 1.29 is 9.53 Å². The monoisotopic (exact) mass is 270 g/mol. The predicted octanol–water partition coefficient (Wildman–Crippen LogP) is 3.32. The molecule has 0 amide bonds. The van der Waals surface area contributed by atoms with Gasteiger partial charge < -0.3 is 15.0 Å². The third-order valence-electron chi connectivity index (χ3n) is 3.57. The van der Waals surface area contributed by atoms with Crippen LogP contribution < -0.4 is 5.73 Å². The first-order chi connectivity index (χ1) is 9.65. The topological polar surface area (TPSA) is 57.2 Å². The molecule has 1 aliphatic carbocycles. The average Bonchev–Trinajstić information content (AvgIpc) is 3.22. The zero-order valence-corrected chi connectivity index (χ0v) is 11.5. The van der Waals surface area contributed by atoms with Crippen molar-refractivity contribution >= 4 is 11.7 Å². The Hall–Kier alpha value is -2.23. The van der Waals surface area contributed by atoms with Gasteiger partial charge in [-0.1, -0.05) is 30.3 Å². The molecule has 1 fully saturated rings. The number of aromatic nitrogens is 1. The van der Waals surface area contributed by atoms with Crippen LogP contribution in [0.1, 0.15) is 48.0 Å². The van der Waals surface area contributed by atoms with E-state index in [1.807, 2.05) is 48.0 Å². The molecule has 4 heteroatoms. The molecule has 1 saturated carbocycles. The van der Waals surface area contributed by atoms with Gasteiger partial charge in [-0.2, -0.15) is 0 Å². The number of nitrogen functional groups attached to an aromatic ring is 1. The lowest BCUT2D eigenvalue weighted by molar-refractivity contribution is 0.0325. The molecular formula is C16H18N2O2. The van der Waals surface area contributed by atoms with E-state index >= 15 is 0 Å². The number of esters is 1. The second-order valence-electron chi connectivity index (χ2n) is 5.26. The number of benzene rings is 1.